The van der Waals surface area contributed by atoms with E-state index in [0.29, 0.717) is 19.4 Å². The summed E-state index contributed by atoms with van der Waals surface area (Å²) in [5.41, 5.74) is -0.908. The minimum atomic E-state index is -0.918. The Morgan fingerprint density at radius 2 is 2.00 bits per heavy atom. The number of hydrogen-bond donors (Lipinski definition) is 1. The van der Waals surface area contributed by atoms with Crippen LogP contribution in [0.3, 0.4) is 0 Å². The van der Waals surface area contributed by atoms with Gasteiger partial charge in [0, 0.05) is 13.1 Å². The topological polar surface area (TPSA) is 81.4 Å². The molecule has 5 nitrogen and oxygen atoms in total. The molecule has 18 heavy (non-hydrogen) atoms. The molecule has 1 atom stereocenters. The Kier molecular flexibility index (Phi) is 4.71. The molecule has 0 bridgehead atoms. The lowest BCUT2D eigenvalue weighted by Crippen LogP contribution is -2.44. The number of carbonyl (C=O) groups excluding carboxylic acids is 1. The highest BCUT2D eigenvalue weighted by Crippen LogP contribution is 2.39. The first-order chi connectivity index (χ1) is 8.46. The van der Waals surface area contributed by atoms with Gasteiger partial charge >= 0.3 is 5.97 Å². The van der Waals surface area contributed by atoms with E-state index in [-0.39, 0.29) is 12.5 Å². The summed E-state index contributed by atoms with van der Waals surface area (Å²) in [6, 6.07) is 2.16. The molecule has 0 aromatic carbocycles. The van der Waals surface area contributed by atoms with Crippen LogP contribution in [0.25, 0.3) is 0 Å². The third-order valence-electron chi connectivity index (χ3n) is 3.67. The summed E-state index contributed by atoms with van der Waals surface area (Å²) in [4.78, 5) is 24.7. The fourth-order valence-corrected chi connectivity index (χ4v) is 2.42. The summed E-state index contributed by atoms with van der Waals surface area (Å²) >= 11 is 0. The number of nitriles is 1. The van der Waals surface area contributed by atoms with E-state index in [1.54, 1.807) is 6.92 Å². The predicted octanol–water partition coefficient (Wildman–Crippen LogP) is 1.64. The van der Waals surface area contributed by atoms with E-state index in [0.717, 1.165) is 12.8 Å². The molecular formula is C13H20N2O3. The van der Waals surface area contributed by atoms with Crippen LogP contribution in [0.4, 0.5) is 0 Å². The van der Waals surface area contributed by atoms with Crippen LogP contribution in [0.2, 0.25) is 0 Å². The molecule has 1 aliphatic rings. The van der Waals surface area contributed by atoms with Gasteiger partial charge in [-0.15, -0.1) is 0 Å². The van der Waals surface area contributed by atoms with Crippen LogP contribution in [0.1, 0.15) is 39.5 Å². The minimum Gasteiger partial charge on any atom is -0.481 e. The molecule has 0 heterocycles. The van der Waals surface area contributed by atoms with Crippen LogP contribution in [-0.2, 0) is 9.59 Å². The second-order valence-corrected chi connectivity index (χ2v) is 4.98. The molecule has 1 rings (SSSR count). The summed E-state index contributed by atoms with van der Waals surface area (Å²) < 4.78 is 0. The Morgan fingerprint density at radius 3 is 2.39 bits per heavy atom. The highest BCUT2D eigenvalue weighted by molar-refractivity contribution is 5.86. The van der Waals surface area contributed by atoms with Crippen molar-refractivity contribution >= 4 is 11.9 Å². The minimum absolute atomic E-state index is 0.175. The standard InChI is InChI=1S/C13H20N2O3/c1-3-15(8-10(2)11(16)17)12(18)13(9-14)6-4-5-7-13/h10H,3-8H2,1-2H3,(H,16,17). The van der Waals surface area contributed by atoms with Gasteiger partial charge in [0.2, 0.25) is 5.91 Å². The number of carbonyl (C=O) groups is 2. The second kappa shape index (κ2) is 5.85. The normalized spacial score (nSPS) is 18.9. The Bertz CT molecular complexity index is 367. The molecule has 1 saturated carbocycles. The molecule has 0 aromatic rings. The van der Waals surface area contributed by atoms with Gasteiger partial charge in [0.25, 0.3) is 0 Å². The van der Waals surface area contributed by atoms with E-state index < -0.39 is 17.3 Å². The monoisotopic (exact) mass is 252 g/mol. The Labute approximate surface area is 107 Å². The molecule has 0 spiro atoms. The molecule has 5 heteroatoms. The van der Waals surface area contributed by atoms with Crippen LogP contribution < -0.4 is 0 Å². The van der Waals surface area contributed by atoms with Gasteiger partial charge in [-0.3, -0.25) is 9.59 Å². The average molecular weight is 252 g/mol. The molecule has 0 aromatic heterocycles. The van der Waals surface area contributed by atoms with Crippen molar-refractivity contribution in [3.8, 4) is 6.07 Å². The summed E-state index contributed by atoms with van der Waals surface area (Å²) in [7, 11) is 0. The lowest BCUT2D eigenvalue weighted by Gasteiger charge is -2.30. The van der Waals surface area contributed by atoms with Crippen molar-refractivity contribution in [1.82, 2.24) is 4.90 Å². The molecule has 100 valence electrons. The molecule has 0 aliphatic heterocycles. The maximum atomic E-state index is 12.4. The number of amides is 1. The van der Waals surface area contributed by atoms with E-state index in [1.165, 1.54) is 4.90 Å². The third kappa shape index (κ3) is 2.81. The van der Waals surface area contributed by atoms with Gasteiger partial charge < -0.3 is 10.0 Å². The zero-order valence-corrected chi connectivity index (χ0v) is 11.0. The number of hydrogen-bond acceptors (Lipinski definition) is 3. The maximum absolute atomic E-state index is 12.4. The van der Waals surface area contributed by atoms with E-state index in [9.17, 15) is 14.9 Å². The number of carboxylic acid groups (broad SMARTS) is 1. The highest BCUT2D eigenvalue weighted by atomic mass is 16.4. The van der Waals surface area contributed by atoms with Crippen LogP contribution in [-0.4, -0.2) is 35.0 Å². The predicted molar refractivity (Wildman–Crippen MR) is 65.6 cm³/mol. The highest BCUT2D eigenvalue weighted by Gasteiger charge is 2.44. The molecule has 1 unspecified atom stereocenters. The first-order valence-electron chi connectivity index (χ1n) is 6.40. The number of aliphatic carboxylic acids is 1. The van der Waals surface area contributed by atoms with Gasteiger partial charge in [0.1, 0.15) is 5.41 Å². The third-order valence-corrected chi connectivity index (χ3v) is 3.67. The van der Waals surface area contributed by atoms with Gasteiger partial charge in [0.15, 0.2) is 0 Å². The fourth-order valence-electron chi connectivity index (χ4n) is 2.42. The Morgan fingerprint density at radius 1 is 1.44 bits per heavy atom. The average Bonchev–Trinajstić information content (AvgIpc) is 2.84. The van der Waals surface area contributed by atoms with Crippen LogP contribution >= 0.6 is 0 Å². The fraction of sp³-hybridized carbons (Fsp3) is 0.769. The molecule has 1 fully saturated rings. The zero-order valence-electron chi connectivity index (χ0n) is 11.0. The Hall–Kier alpha value is -1.57. The first kappa shape index (κ1) is 14.5. The van der Waals surface area contributed by atoms with Crippen LogP contribution in [0.15, 0.2) is 0 Å². The zero-order chi connectivity index (χ0) is 13.8. The van der Waals surface area contributed by atoms with Crippen molar-refractivity contribution in [1.29, 1.82) is 5.26 Å². The molecule has 0 saturated heterocycles. The van der Waals surface area contributed by atoms with Crippen molar-refractivity contribution in [3.63, 3.8) is 0 Å². The van der Waals surface area contributed by atoms with Gasteiger partial charge in [-0.2, -0.15) is 5.26 Å². The number of rotatable bonds is 5. The van der Waals surface area contributed by atoms with Crippen LogP contribution in [0.5, 0.6) is 0 Å². The van der Waals surface area contributed by atoms with Gasteiger partial charge in [-0.05, 0) is 19.8 Å². The largest absolute Gasteiger partial charge is 0.481 e. The lowest BCUT2D eigenvalue weighted by atomic mass is 9.86. The van der Waals surface area contributed by atoms with E-state index in [1.807, 2.05) is 6.92 Å². The van der Waals surface area contributed by atoms with E-state index in [4.69, 9.17) is 5.11 Å². The SMILES string of the molecule is CCN(CC(C)C(=O)O)C(=O)C1(C#N)CCCC1. The maximum Gasteiger partial charge on any atom is 0.308 e. The van der Waals surface area contributed by atoms with Crippen molar-refractivity contribution in [2.24, 2.45) is 11.3 Å². The van der Waals surface area contributed by atoms with Gasteiger partial charge in [-0.25, -0.2) is 0 Å². The first-order valence-corrected chi connectivity index (χ1v) is 6.40. The van der Waals surface area contributed by atoms with E-state index >= 15 is 0 Å². The molecule has 1 aliphatic carbocycles. The summed E-state index contributed by atoms with van der Waals surface area (Å²) in [5.74, 6) is -1.72. The quantitative estimate of drug-likeness (QED) is 0.806. The van der Waals surface area contributed by atoms with Crippen molar-refractivity contribution < 1.29 is 14.7 Å². The van der Waals surface area contributed by atoms with Crippen molar-refractivity contribution in [2.75, 3.05) is 13.1 Å². The molecular weight excluding hydrogens is 232 g/mol. The summed E-state index contributed by atoms with van der Waals surface area (Å²) in [5, 5.41) is 18.2. The van der Waals surface area contributed by atoms with Crippen LogP contribution in [0, 0.1) is 22.7 Å². The number of nitrogens with zero attached hydrogens (tertiary/aromatic N) is 2. The van der Waals surface area contributed by atoms with E-state index in [2.05, 4.69) is 6.07 Å². The molecule has 1 amide bonds. The summed E-state index contributed by atoms with van der Waals surface area (Å²) in [6.07, 6.45) is 2.98. The molecule has 0 radical (unpaired) electrons. The smallest absolute Gasteiger partial charge is 0.308 e. The lowest BCUT2D eigenvalue weighted by molar-refractivity contribution is -0.145. The molecule has 1 N–H and O–H groups in total. The van der Waals surface area contributed by atoms with Gasteiger partial charge in [-0.1, -0.05) is 19.8 Å². The number of carboxylic acids is 1. The van der Waals surface area contributed by atoms with Crippen molar-refractivity contribution in [2.45, 2.75) is 39.5 Å². The summed E-state index contributed by atoms with van der Waals surface area (Å²) in [6.45, 7) is 4.01. The van der Waals surface area contributed by atoms with Crippen molar-refractivity contribution in [3.05, 3.63) is 0 Å². The Balaban J connectivity index is 2.79. The van der Waals surface area contributed by atoms with Gasteiger partial charge in [0.05, 0.1) is 12.0 Å². The second-order valence-electron chi connectivity index (χ2n) is 4.98.